The first-order valence-electron chi connectivity index (χ1n) is 11.2. The zero-order valence-corrected chi connectivity index (χ0v) is 19.4. The summed E-state index contributed by atoms with van der Waals surface area (Å²) in [6.07, 6.45) is 1.61. The van der Waals surface area contributed by atoms with E-state index in [0.29, 0.717) is 11.6 Å². The van der Waals surface area contributed by atoms with Crippen molar-refractivity contribution >= 4 is 34.2 Å². The van der Waals surface area contributed by atoms with Gasteiger partial charge >= 0.3 is 6.03 Å². The molecule has 3 aromatic carbocycles. The Balaban J connectivity index is 1.58. The number of hydrogen-bond donors (Lipinski definition) is 2. The molecule has 0 unspecified atom stereocenters. The molecule has 0 bridgehead atoms. The number of halogens is 1. The summed E-state index contributed by atoms with van der Waals surface area (Å²) in [4.78, 5) is 19.1. The molecule has 0 radical (unpaired) electrons. The third-order valence-electron chi connectivity index (χ3n) is 6.42. The van der Waals surface area contributed by atoms with Gasteiger partial charge in [0.2, 0.25) is 0 Å². The Hall–Kier alpha value is -3.44. The summed E-state index contributed by atoms with van der Waals surface area (Å²) in [6, 6.07) is 21.4. The lowest BCUT2D eigenvalue weighted by molar-refractivity contribution is 0.193. The molecular formula is C27H26ClN3O2. The van der Waals surface area contributed by atoms with Crippen molar-refractivity contribution in [2.75, 3.05) is 19.0 Å². The second-order valence-electron chi connectivity index (χ2n) is 8.27. The molecule has 2 heterocycles. The zero-order chi connectivity index (χ0) is 22.9. The topological polar surface area (TPSA) is 57.4 Å². The van der Waals surface area contributed by atoms with Gasteiger partial charge in [0.25, 0.3) is 0 Å². The lowest BCUT2D eigenvalue weighted by atomic mass is 9.92. The van der Waals surface area contributed by atoms with Crippen LogP contribution in [0.25, 0.3) is 10.9 Å². The number of urea groups is 1. The minimum Gasteiger partial charge on any atom is -0.497 e. The van der Waals surface area contributed by atoms with Crippen molar-refractivity contribution < 1.29 is 9.53 Å². The molecule has 1 aromatic heterocycles. The minimum absolute atomic E-state index is 0.112. The molecule has 33 heavy (non-hydrogen) atoms. The predicted molar refractivity (Wildman–Crippen MR) is 133 cm³/mol. The SMILES string of the molecule is CCc1ccccc1NC(=O)N1CCc2c([nH]c3ccc(Cl)cc23)[C@@H]1c1ccc(OC)cc1. The molecule has 0 saturated heterocycles. The molecule has 1 aliphatic heterocycles. The number of aromatic nitrogens is 1. The molecule has 1 aliphatic rings. The fourth-order valence-corrected chi connectivity index (χ4v) is 4.92. The van der Waals surface area contributed by atoms with Gasteiger partial charge in [0, 0.05) is 33.9 Å². The molecule has 0 aliphatic carbocycles. The van der Waals surface area contributed by atoms with Gasteiger partial charge in [-0.25, -0.2) is 4.79 Å². The Morgan fingerprint density at radius 3 is 2.70 bits per heavy atom. The highest BCUT2D eigenvalue weighted by atomic mass is 35.5. The van der Waals surface area contributed by atoms with Crippen LogP contribution in [0.5, 0.6) is 5.75 Å². The molecule has 2 amide bonds. The summed E-state index contributed by atoms with van der Waals surface area (Å²) in [6.45, 7) is 2.69. The van der Waals surface area contributed by atoms with Gasteiger partial charge in [-0.1, -0.05) is 48.9 Å². The van der Waals surface area contributed by atoms with E-state index >= 15 is 0 Å². The highest BCUT2D eigenvalue weighted by molar-refractivity contribution is 6.31. The second-order valence-corrected chi connectivity index (χ2v) is 8.70. The van der Waals surface area contributed by atoms with Crippen LogP contribution in [0.2, 0.25) is 5.02 Å². The summed E-state index contributed by atoms with van der Waals surface area (Å²) in [5.41, 5.74) is 6.27. The molecule has 0 saturated carbocycles. The maximum Gasteiger partial charge on any atom is 0.322 e. The lowest BCUT2D eigenvalue weighted by Crippen LogP contribution is -2.43. The molecule has 2 N–H and O–H groups in total. The Bertz CT molecular complexity index is 1310. The first kappa shape index (κ1) is 21.4. The van der Waals surface area contributed by atoms with E-state index in [1.807, 2.05) is 71.6 Å². The number of anilines is 1. The minimum atomic E-state index is -0.250. The van der Waals surface area contributed by atoms with Crippen LogP contribution >= 0.6 is 11.6 Å². The average molecular weight is 460 g/mol. The number of carbonyl (C=O) groups excluding carboxylic acids is 1. The Morgan fingerprint density at radius 1 is 1.15 bits per heavy atom. The van der Waals surface area contributed by atoms with Gasteiger partial charge < -0.3 is 19.9 Å². The van der Waals surface area contributed by atoms with E-state index in [1.165, 1.54) is 5.56 Å². The molecule has 168 valence electrons. The largest absolute Gasteiger partial charge is 0.497 e. The van der Waals surface area contributed by atoms with Gasteiger partial charge in [-0.3, -0.25) is 0 Å². The summed E-state index contributed by atoms with van der Waals surface area (Å²) < 4.78 is 5.35. The fraction of sp³-hybridized carbons (Fsp3) is 0.222. The van der Waals surface area contributed by atoms with Crippen molar-refractivity contribution in [3.8, 4) is 5.75 Å². The van der Waals surface area contributed by atoms with Crippen molar-refractivity contribution in [2.45, 2.75) is 25.8 Å². The number of para-hydroxylation sites is 1. The van der Waals surface area contributed by atoms with E-state index in [-0.39, 0.29) is 12.1 Å². The van der Waals surface area contributed by atoms with E-state index in [9.17, 15) is 4.79 Å². The normalized spacial score (nSPS) is 15.4. The van der Waals surface area contributed by atoms with Gasteiger partial charge in [0.1, 0.15) is 5.75 Å². The number of fused-ring (bicyclic) bond motifs is 3. The van der Waals surface area contributed by atoms with E-state index in [4.69, 9.17) is 16.3 Å². The Labute approximate surface area is 198 Å². The van der Waals surface area contributed by atoms with Gasteiger partial charge in [-0.05, 0) is 65.9 Å². The zero-order valence-electron chi connectivity index (χ0n) is 18.7. The molecule has 0 fully saturated rings. The Morgan fingerprint density at radius 2 is 1.94 bits per heavy atom. The van der Waals surface area contributed by atoms with Crippen LogP contribution in [0.4, 0.5) is 10.5 Å². The van der Waals surface area contributed by atoms with Gasteiger partial charge in [-0.15, -0.1) is 0 Å². The Kier molecular flexibility index (Phi) is 5.73. The number of rotatable bonds is 4. The van der Waals surface area contributed by atoms with Crippen LogP contribution in [-0.2, 0) is 12.8 Å². The summed E-state index contributed by atoms with van der Waals surface area (Å²) in [5.74, 6) is 0.783. The maximum absolute atomic E-state index is 13.6. The number of aryl methyl sites for hydroxylation is 1. The predicted octanol–water partition coefficient (Wildman–Crippen LogP) is 6.57. The van der Waals surface area contributed by atoms with Gasteiger partial charge in [0.05, 0.1) is 13.2 Å². The van der Waals surface area contributed by atoms with E-state index in [2.05, 4.69) is 17.2 Å². The number of hydrogen-bond acceptors (Lipinski definition) is 2. The van der Waals surface area contributed by atoms with Crippen molar-refractivity contribution in [3.63, 3.8) is 0 Å². The first-order valence-corrected chi connectivity index (χ1v) is 11.6. The van der Waals surface area contributed by atoms with E-state index in [1.54, 1.807) is 7.11 Å². The van der Waals surface area contributed by atoms with E-state index < -0.39 is 0 Å². The second kappa shape index (κ2) is 8.83. The molecule has 4 aromatic rings. The van der Waals surface area contributed by atoms with Crippen LogP contribution in [0, 0.1) is 0 Å². The van der Waals surface area contributed by atoms with Crippen molar-refractivity contribution in [1.82, 2.24) is 9.88 Å². The van der Waals surface area contributed by atoms with Crippen molar-refractivity contribution in [2.24, 2.45) is 0 Å². The van der Waals surface area contributed by atoms with Crippen LogP contribution < -0.4 is 10.1 Å². The van der Waals surface area contributed by atoms with Gasteiger partial charge in [-0.2, -0.15) is 0 Å². The van der Waals surface area contributed by atoms with Crippen LogP contribution in [0.1, 0.15) is 35.3 Å². The molecule has 6 heteroatoms. The monoisotopic (exact) mass is 459 g/mol. The molecule has 5 rings (SSSR count). The number of ether oxygens (including phenoxy) is 1. The summed E-state index contributed by atoms with van der Waals surface area (Å²) in [5, 5.41) is 4.98. The molecular weight excluding hydrogens is 434 g/mol. The highest BCUT2D eigenvalue weighted by Gasteiger charge is 2.35. The van der Waals surface area contributed by atoms with E-state index in [0.717, 1.165) is 52.0 Å². The third kappa shape index (κ3) is 3.93. The third-order valence-corrected chi connectivity index (χ3v) is 6.66. The number of H-pyrrole nitrogens is 1. The average Bonchev–Trinajstić information content (AvgIpc) is 3.21. The quantitative estimate of drug-likeness (QED) is 0.362. The van der Waals surface area contributed by atoms with Crippen molar-refractivity contribution in [3.05, 3.63) is 94.1 Å². The summed E-state index contributed by atoms with van der Waals surface area (Å²) >= 11 is 6.30. The maximum atomic E-state index is 13.6. The number of nitrogens with zero attached hydrogens (tertiary/aromatic N) is 1. The molecule has 0 spiro atoms. The standard InChI is InChI=1S/C27H26ClN3O2/c1-3-17-6-4-5-7-23(17)30-27(32)31-15-14-21-22-16-19(28)10-13-24(22)29-25(21)26(31)18-8-11-20(33-2)12-9-18/h4-13,16,26,29H,3,14-15H2,1-2H3,(H,30,32)/t26-/m0/s1. The number of nitrogens with one attached hydrogen (secondary N) is 2. The number of amides is 2. The van der Waals surface area contributed by atoms with Crippen molar-refractivity contribution in [1.29, 1.82) is 0 Å². The first-order chi connectivity index (χ1) is 16.1. The summed E-state index contributed by atoms with van der Waals surface area (Å²) in [7, 11) is 1.65. The number of carbonyl (C=O) groups is 1. The van der Waals surface area contributed by atoms with Crippen LogP contribution in [0.15, 0.2) is 66.7 Å². The number of methoxy groups -OCH3 is 1. The van der Waals surface area contributed by atoms with Crippen LogP contribution in [-0.4, -0.2) is 29.6 Å². The smallest absolute Gasteiger partial charge is 0.322 e. The molecule has 1 atom stereocenters. The lowest BCUT2D eigenvalue weighted by Gasteiger charge is -2.36. The molecule has 5 nitrogen and oxygen atoms in total. The van der Waals surface area contributed by atoms with Gasteiger partial charge in [0.15, 0.2) is 0 Å². The highest BCUT2D eigenvalue weighted by Crippen LogP contribution is 2.39. The van der Waals surface area contributed by atoms with Crippen LogP contribution in [0.3, 0.4) is 0 Å². The number of aromatic amines is 1. The number of benzene rings is 3. The fourth-order valence-electron chi connectivity index (χ4n) is 4.75.